The minimum Gasteiger partial charge on any atom is -0.482 e. The van der Waals surface area contributed by atoms with Crippen LogP contribution < -0.4 is 10.1 Å². The van der Waals surface area contributed by atoms with Crippen molar-refractivity contribution in [2.24, 2.45) is 5.92 Å². The van der Waals surface area contributed by atoms with Crippen molar-refractivity contribution in [3.63, 3.8) is 0 Å². The molecule has 0 unspecified atom stereocenters. The molecule has 0 amide bonds. The average Bonchev–Trinajstić information content (AvgIpc) is 3.22. The number of rotatable bonds is 5. The lowest BCUT2D eigenvalue weighted by Crippen LogP contribution is -2.30. The number of carbonyl (C=O) groups is 2. The highest BCUT2D eigenvalue weighted by molar-refractivity contribution is 6.33. The van der Waals surface area contributed by atoms with Crippen LogP contribution in [-0.2, 0) is 9.53 Å². The topological polar surface area (TPSA) is 84.9 Å². The van der Waals surface area contributed by atoms with E-state index < -0.39 is 11.9 Å². The number of benzene rings is 2. The summed E-state index contributed by atoms with van der Waals surface area (Å²) in [6.07, 6.45) is 5.02. The Labute approximate surface area is 173 Å². The molecular weight excluding hydrogens is 394 g/mol. The number of halogens is 1. The van der Waals surface area contributed by atoms with Gasteiger partial charge in [-0.05, 0) is 47.7 Å². The summed E-state index contributed by atoms with van der Waals surface area (Å²) in [5.74, 6) is -0.660. The number of methoxy groups -OCH3 is 1. The highest BCUT2D eigenvalue weighted by Crippen LogP contribution is 2.52. The molecule has 4 rings (SSSR count). The highest BCUT2D eigenvalue weighted by Gasteiger charge is 2.40. The van der Waals surface area contributed by atoms with Gasteiger partial charge in [-0.25, -0.2) is 9.59 Å². The van der Waals surface area contributed by atoms with Crippen LogP contribution >= 0.6 is 11.6 Å². The number of allylic oxidation sites excluding steroid dienone is 2. The second-order valence-corrected chi connectivity index (χ2v) is 7.51. The second-order valence-electron chi connectivity index (χ2n) is 7.10. The molecule has 0 spiro atoms. The van der Waals surface area contributed by atoms with Crippen LogP contribution in [0.25, 0.3) is 0 Å². The minimum absolute atomic E-state index is 0.0173. The maximum Gasteiger partial charge on any atom is 0.343 e. The molecule has 1 heterocycles. The number of fused-ring (bicyclic) bond motifs is 3. The van der Waals surface area contributed by atoms with Crippen LogP contribution in [0.1, 0.15) is 39.9 Å². The number of carbonyl (C=O) groups excluding carboxylic acids is 1. The summed E-state index contributed by atoms with van der Waals surface area (Å²) in [5, 5.41) is 13.6. The zero-order valence-corrected chi connectivity index (χ0v) is 16.5. The third-order valence-corrected chi connectivity index (χ3v) is 5.84. The van der Waals surface area contributed by atoms with Crippen LogP contribution in [0.3, 0.4) is 0 Å². The molecule has 0 saturated carbocycles. The number of hydrogen-bond acceptors (Lipinski definition) is 5. The van der Waals surface area contributed by atoms with Crippen molar-refractivity contribution in [2.75, 3.05) is 19.0 Å². The van der Waals surface area contributed by atoms with E-state index in [1.165, 1.54) is 7.11 Å². The largest absolute Gasteiger partial charge is 0.482 e. The molecule has 3 atom stereocenters. The summed E-state index contributed by atoms with van der Waals surface area (Å²) < 4.78 is 9.99. The Kier molecular flexibility index (Phi) is 5.20. The summed E-state index contributed by atoms with van der Waals surface area (Å²) in [7, 11) is 1.31. The van der Waals surface area contributed by atoms with Gasteiger partial charge in [-0.2, -0.15) is 0 Å². The van der Waals surface area contributed by atoms with E-state index in [9.17, 15) is 14.7 Å². The fourth-order valence-electron chi connectivity index (χ4n) is 4.16. The molecule has 150 valence electrons. The third-order valence-electron chi connectivity index (χ3n) is 5.52. The van der Waals surface area contributed by atoms with Crippen molar-refractivity contribution < 1.29 is 24.2 Å². The minimum atomic E-state index is -0.954. The first-order valence-corrected chi connectivity index (χ1v) is 9.66. The van der Waals surface area contributed by atoms with Crippen LogP contribution in [0, 0.1) is 5.92 Å². The van der Waals surface area contributed by atoms with Crippen molar-refractivity contribution >= 4 is 29.2 Å². The van der Waals surface area contributed by atoms with E-state index >= 15 is 0 Å². The predicted octanol–water partition coefficient (Wildman–Crippen LogP) is 4.42. The lowest BCUT2D eigenvalue weighted by atomic mass is 9.75. The van der Waals surface area contributed by atoms with E-state index in [4.69, 9.17) is 16.3 Å². The standard InChI is InChI=1S/C22H20ClNO5/c1-28-18(25)11-29-13-7-5-12(6-8-13)20-15-4-2-3-14(15)19-16(22(26)27)9-10-17(23)21(19)24-20/h2-3,5-10,14-15,20,24H,4,11H2,1H3,(H,26,27)/t14-,15-,20+/m1/s1. The number of anilines is 1. The average molecular weight is 414 g/mol. The molecule has 29 heavy (non-hydrogen) atoms. The molecule has 6 nitrogen and oxygen atoms in total. The number of hydrogen-bond donors (Lipinski definition) is 2. The van der Waals surface area contributed by atoms with E-state index in [0.29, 0.717) is 16.5 Å². The molecule has 2 aliphatic rings. The fraction of sp³-hybridized carbons (Fsp3) is 0.273. The van der Waals surface area contributed by atoms with Gasteiger partial charge in [0.2, 0.25) is 0 Å². The normalized spacial score (nSPS) is 21.7. The second kappa shape index (κ2) is 7.79. The Morgan fingerprint density at radius 1 is 1.21 bits per heavy atom. The lowest BCUT2D eigenvalue weighted by Gasteiger charge is -2.38. The van der Waals surface area contributed by atoms with E-state index in [2.05, 4.69) is 22.2 Å². The maximum absolute atomic E-state index is 11.8. The number of carboxylic acid groups (broad SMARTS) is 1. The number of aromatic carboxylic acids is 1. The van der Waals surface area contributed by atoms with E-state index in [1.54, 1.807) is 12.1 Å². The molecule has 0 saturated heterocycles. The summed E-state index contributed by atoms with van der Waals surface area (Å²) >= 11 is 6.43. The predicted molar refractivity (Wildman–Crippen MR) is 109 cm³/mol. The summed E-state index contributed by atoms with van der Waals surface area (Å²) in [5.41, 5.74) is 2.74. The van der Waals surface area contributed by atoms with Crippen molar-refractivity contribution in [1.29, 1.82) is 0 Å². The quantitative estimate of drug-likeness (QED) is 0.557. The van der Waals surface area contributed by atoms with Crippen molar-refractivity contribution in [2.45, 2.75) is 18.4 Å². The summed E-state index contributed by atoms with van der Waals surface area (Å²) in [6.45, 7) is -0.146. The number of nitrogens with one attached hydrogen (secondary N) is 1. The van der Waals surface area contributed by atoms with Gasteiger partial charge >= 0.3 is 11.9 Å². The van der Waals surface area contributed by atoms with Gasteiger partial charge in [-0.15, -0.1) is 0 Å². The number of carboxylic acids is 1. The fourth-order valence-corrected chi connectivity index (χ4v) is 4.38. The van der Waals surface area contributed by atoms with Gasteiger partial charge in [0.1, 0.15) is 5.75 Å². The molecule has 1 aliphatic heterocycles. The summed E-state index contributed by atoms with van der Waals surface area (Å²) in [6, 6.07) is 10.7. The van der Waals surface area contributed by atoms with Crippen LogP contribution in [0.5, 0.6) is 5.75 Å². The molecule has 2 aromatic rings. The van der Waals surface area contributed by atoms with Gasteiger partial charge in [0.25, 0.3) is 0 Å². The van der Waals surface area contributed by atoms with Crippen LogP contribution in [-0.4, -0.2) is 30.8 Å². The van der Waals surface area contributed by atoms with Crippen LogP contribution in [0.2, 0.25) is 5.02 Å². The molecule has 0 radical (unpaired) electrons. The first-order chi connectivity index (χ1) is 14.0. The van der Waals surface area contributed by atoms with Crippen molar-refractivity contribution in [1.82, 2.24) is 0 Å². The first-order valence-electron chi connectivity index (χ1n) is 9.28. The molecule has 2 aromatic carbocycles. The molecular formula is C22H20ClNO5. The Morgan fingerprint density at radius 2 is 1.97 bits per heavy atom. The van der Waals surface area contributed by atoms with Gasteiger partial charge in [-0.3, -0.25) is 0 Å². The Hall–Kier alpha value is -2.99. The molecule has 0 fully saturated rings. The van der Waals surface area contributed by atoms with Gasteiger partial charge in [-0.1, -0.05) is 35.9 Å². The van der Waals surface area contributed by atoms with Crippen LogP contribution in [0.15, 0.2) is 48.6 Å². The van der Waals surface area contributed by atoms with Crippen molar-refractivity contribution in [3.05, 3.63) is 70.3 Å². The van der Waals surface area contributed by atoms with Gasteiger partial charge in [0.15, 0.2) is 6.61 Å². The highest BCUT2D eigenvalue weighted by atomic mass is 35.5. The SMILES string of the molecule is COC(=O)COc1ccc([C@@H]2Nc3c(Cl)ccc(C(=O)O)c3[C@@H]3C=CC[C@H]32)cc1. The molecule has 7 heteroatoms. The monoisotopic (exact) mass is 413 g/mol. The third kappa shape index (κ3) is 3.56. The molecule has 2 N–H and O–H groups in total. The van der Waals surface area contributed by atoms with Gasteiger partial charge in [0, 0.05) is 5.92 Å². The Bertz CT molecular complexity index is 985. The van der Waals surface area contributed by atoms with E-state index in [1.807, 2.05) is 24.3 Å². The number of ether oxygens (including phenoxy) is 2. The lowest BCUT2D eigenvalue weighted by molar-refractivity contribution is -0.142. The smallest absolute Gasteiger partial charge is 0.343 e. The van der Waals surface area contributed by atoms with E-state index in [0.717, 1.165) is 17.5 Å². The zero-order valence-electron chi connectivity index (χ0n) is 15.7. The molecule has 1 aliphatic carbocycles. The van der Waals surface area contributed by atoms with Gasteiger partial charge in [0.05, 0.1) is 29.4 Å². The van der Waals surface area contributed by atoms with E-state index in [-0.39, 0.29) is 30.0 Å². The maximum atomic E-state index is 11.8. The zero-order chi connectivity index (χ0) is 20.5. The molecule has 0 aromatic heterocycles. The van der Waals surface area contributed by atoms with Crippen LogP contribution in [0.4, 0.5) is 5.69 Å². The Morgan fingerprint density at radius 3 is 2.66 bits per heavy atom. The first kappa shape index (κ1) is 19.3. The summed E-state index contributed by atoms with van der Waals surface area (Å²) in [4.78, 5) is 23.0. The number of esters is 1. The van der Waals surface area contributed by atoms with Crippen molar-refractivity contribution in [3.8, 4) is 5.75 Å². The van der Waals surface area contributed by atoms with Gasteiger partial charge < -0.3 is 19.9 Å². The molecule has 0 bridgehead atoms. The Balaban J connectivity index is 1.65.